The van der Waals surface area contributed by atoms with E-state index in [0.29, 0.717) is 11.5 Å². The summed E-state index contributed by atoms with van der Waals surface area (Å²) in [5.41, 5.74) is 0.902. The standard InChI is InChI=1S/C14H22N2O3S/c1-3-11(10-19-2)15-12-6-8-14(9-7-12)20(17,18)16-13-4-5-13/h6-9,11,13,15-16H,3-5,10H2,1-2H3. The van der Waals surface area contributed by atoms with Crippen LogP contribution in [-0.2, 0) is 14.8 Å². The summed E-state index contributed by atoms with van der Waals surface area (Å²) < 4.78 is 31.8. The van der Waals surface area contributed by atoms with Gasteiger partial charge in [0.1, 0.15) is 0 Å². The van der Waals surface area contributed by atoms with Crippen molar-refractivity contribution in [2.45, 2.75) is 43.2 Å². The molecular formula is C14H22N2O3S. The third kappa shape index (κ3) is 4.19. The molecule has 112 valence electrons. The van der Waals surface area contributed by atoms with Crippen molar-refractivity contribution in [1.29, 1.82) is 0 Å². The van der Waals surface area contributed by atoms with Crippen molar-refractivity contribution in [3.63, 3.8) is 0 Å². The Hall–Kier alpha value is -1.11. The van der Waals surface area contributed by atoms with E-state index in [-0.39, 0.29) is 12.1 Å². The number of rotatable bonds is 8. The van der Waals surface area contributed by atoms with Crippen LogP contribution in [0.5, 0.6) is 0 Å². The highest BCUT2D eigenvalue weighted by Gasteiger charge is 2.27. The molecule has 0 aliphatic heterocycles. The molecule has 2 rings (SSSR count). The number of hydrogen-bond donors (Lipinski definition) is 2. The van der Waals surface area contributed by atoms with Crippen LogP contribution < -0.4 is 10.0 Å². The highest BCUT2D eigenvalue weighted by atomic mass is 32.2. The van der Waals surface area contributed by atoms with Crippen molar-refractivity contribution in [2.24, 2.45) is 0 Å². The zero-order chi connectivity index (χ0) is 14.6. The lowest BCUT2D eigenvalue weighted by Crippen LogP contribution is -2.26. The average molecular weight is 298 g/mol. The lowest BCUT2D eigenvalue weighted by Gasteiger charge is -2.17. The summed E-state index contributed by atoms with van der Waals surface area (Å²) in [7, 11) is -1.69. The van der Waals surface area contributed by atoms with Gasteiger partial charge in [0.25, 0.3) is 0 Å². The maximum atomic E-state index is 12.0. The van der Waals surface area contributed by atoms with Gasteiger partial charge in [0.15, 0.2) is 0 Å². The minimum absolute atomic E-state index is 0.129. The van der Waals surface area contributed by atoms with Crippen molar-refractivity contribution in [3.8, 4) is 0 Å². The van der Waals surface area contributed by atoms with E-state index in [1.807, 2.05) is 0 Å². The van der Waals surface area contributed by atoms with E-state index in [1.165, 1.54) is 0 Å². The van der Waals surface area contributed by atoms with Gasteiger partial charge in [0.05, 0.1) is 11.5 Å². The van der Waals surface area contributed by atoms with Crippen LogP contribution in [0.25, 0.3) is 0 Å². The Morgan fingerprint density at radius 3 is 2.45 bits per heavy atom. The molecule has 0 aromatic heterocycles. The molecule has 0 radical (unpaired) electrons. The fourth-order valence-corrected chi connectivity index (χ4v) is 3.22. The first-order valence-corrected chi connectivity index (χ1v) is 8.41. The van der Waals surface area contributed by atoms with Gasteiger partial charge in [-0.25, -0.2) is 13.1 Å². The van der Waals surface area contributed by atoms with Gasteiger partial charge in [0, 0.05) is 24.9 Å². The second kappa shape index (κ2) is 6.56. The van der Waals surface area contributed by atoms with E-state index in [9.17, 15) is 8.42 Å². The summed E-state index contributed by atoms with van der Waals surface area (Å²) in [6.45, 7) is 2.70. The summed E-state index contributed by atoms with van der Waals surface area (Å²) in [6.07, 6.45) is 2.82. The largest absolute Gasteiger partial charge is 0.383 e. The first-order chi connectivity index (χ1) is 9.55. The zero-order valence-corrected chi connectivity index (χ0v) is 12.7. The number of sulfonamides is 1. The number of ether oxygens (including phenoxy) is 1. The minimum atomic E-state index is -3.36. The molecule has 1 aliphatic carbocycles. The molecule has 1 aliphatic rings. The topological polar surface area (TPSA) is 67.4 Å². The molecule has 2 N–H and O–H groups in total. The highest BCUT2D eigenvalue weighted by Crippen LogP contribution is 2.23. The molecule has 1 saturated carbocycles. The Kier molecular flexibility index (Phi) is 5.01. The van der Waals surface area contributed by atoms with Crippen LogP contribution in [0.2, 0.25) is 0 Å². The fraction of sp³-hybridized carbons (Fsp3) is 0.571. The van der Waals surface area contributed by atoms with Crippen LogP contribution in [0.1, 0.15) is 26.2 Å². The summed E-state index contributed by atoms with van der Waals surface area (Å²) in [6, 6.07) is 7.20. The molecule has 20 heavy (non-hydrogen) atoms. The molecule has 1 unspecified atom stereocenters. The van der Waals surface area contributed by atoms with Crippen LogP contribution in [0.3, 0.4) is 0 Å². The smallest absolute Gasteiger partial charge is 0.240 e. The molecule has 6 heteroatoms. The third-order valence-corrected chi connectivity index (χ3v) is 4.83. The number of nitrogens with one attached hydrogen (secondary N) is 2. The molecule has 0 amide bonds. The van der Waals surface area contributed by atoms with Crippen molar-refractivity contribution in [2.75, 3.05) is 19.0 Å². The minimum Gasteiger partial charge on any atom is -0.383 e. The Labute approximate surface area is 120 Å². The molecule has 1 aromatic carbocycles. The van der Waals surface area contributed by atoms with Crippen LogP contribution in [0.15, 0.2) is 29.2 Å². The van der Waals surface area contributed by atoms with Gasteiger partial charge in [-0.2, -0.15) is 0 Å². The summed E-state index contributed by atoms with van der Waals surface area (Å²) in [5.74, 6) is 0. The van der Waals surface area contributed by atoms with Crippen LogP contribution in [0, 0.1) is 0 Å². The van der Waals surface area contributed by atoms with Crippen molar-refractivity contribution in [3.05, 3.63) is 24.3 Å². The molecule has 1 aromatic rings. The first-order valence-electron chi connectivity index (χ1n) is 6.93. The van der Waals surface area contributed by atoms with Crippen molar-refractivity contribution < 1.29 is 13.2 Å². The second-order valence-electron chi connectivity index (χ2n) is 5.12. The van der Waals surface area contributed by atoms with Crippen LogP contribution >= 0.6 is 0 Å². The Bertz CT molecular complexity index is 524. The maximum Gasteiger partial charge on any atom is 0.240 e. The first kappa shape index (κ1) is 15.3. The fourth-order valence-electron chi connectivity index (χ4n) is 1.92. The Morgan fingerprint density at radius 2 is 1.95 bits per heavy atom. The Morgan fingerprint density at radius 1 is 1.30 bits per heavy atom. The molecular weight excluding hydrogens is 276 g/mol. The average Bonchev–Trinajstić information content (AvgIpc) is 3.22. The van der Waals surface area contributed by atoms with E-state index < -0.39 is 10.0 Å². The van der Waals surface area contributed by atoms with Gasteiger partial charge in [-0.1, -0.05) is 6.92 Å². The highest BCUT2D eigenvalue weighted by molar-refractivity contribution is 7.89. The molecule has 0 bridgehead atoms. The van der Waals surface area contributed by atoms with Gasteiger partial charge in [-0.05, 0) is 43.5 Å². The van der Waals surface area contributed by atoms with E-state index >= 15 is 0 Å². The van der Waals surface area contributed by atoms with Gasteiger partial charge in [0.2, 0.25) is 10.0 Å². The van der Waals surface area contributed by atoms with Gasteiger partial charge in [-0.15, -0.1) is 0 Å². The van der Waals surface area contributed by atoms with Gasteiger partial charge < -0.3 is 10.1 Å². The summed E-state index contributed by atoms with van der Waals surface area (Å²) in [4.78, 5) is 0.315. The summed E-state index contributed by atoms with van der Waals surface area (Å²) >= 11 is 0. The molecule has 0 saturated heterocycles. The lowest BCUT2D eigenvalue weighted by atomic mass is 10.2. The maximum absolute atomic E-state index is 12.0. The molecule has 0 spiro atoms. The predicted octanol–water partition coefficient (Wildman–Crippen LogP) is 1.96. The third-order valence-electron chi connectivity index (χ3n) is 3.30. The zero-order valence-electron chi connectivity index (χ0n) is 11.9. The summed E-state index contributed by atoms with van der Waals surface area (Å²) in [5, 5.41) is 3.32. The van der Waals surface area contributed by atoms with Gasteiger partial charge in [-0.3, -0.25) is 0 Å². The number of methoxy groups -OCH3 is 1. The van der Waals surface area contributed by atoms with Crippen LogP contribution in [-0.4, -0.2) is 34.2 Å². The van der Waals surface area contributed by atoms with Crippen molar-refractivity contribution in [1.82, 2.24) is 4.72 Å². The second-order valence-corrected chi connectivity index (χ2v) is 6.84. The molecule has 1 atom stereocenters. The normalized spacial score (nSPS) is 16.9. The van der Waals surface area contributed by atoms with E-state index in [1.54, 1.807) is 31.4 Å². The van der Waals surface area contributed by atoms with Crippen LogP contribution in [0.4, 0.5) is 5.69 Å². The monoisotopic (exact) mass is 298 g/mol. The molecule has 5 nitrogen and oxygen atoms in total. The predicted molar refractivity (Wildman–Crippen MR) is 79.4 cm³/mol. The number of benzene rings is 1. The molecule has 0 heterocycles. The SMILES string of the molecule is CCC(COC)Nc1ccc(S(=O)(=O)NC2CC2)cc1. The van der Waals surface area contributed by atoms with E-state index in [2.05, 4.69) is 17.0 Å². The number of anilines is 1. The van der Waals surface area contributed by atoms with E-state index in [4.69, 9.17) is 4.74 Å². The lowest BCUT2D eigenvalue weighted by molar-refractivity contribution is 0.184. The number of hydrogen-bond acceptors (Lipinski definition) is 4. The van der Waals surface area contributed by atoms with Gasteiger partial charge >= 0.3 is 0 Å². The molecule has 1 fully saturated rings. The van der Waals surface area contributed by atoms with E-state index in [0.717, 1.165) is 24.9 Å². The van der Waals surface area contributed by atoms with Crippen molar-refractivity contribution >= 4 is 15.7 Å². The Balaban J connectivity index is 2.01. The quantitative estimate of drug-likeness (QED) is 0.770.